The first-order valence-corrected chi connectivity index (χ1v) is 5.34. The number of benzene rings is 2. The van der Waals surface area contributed by atoms with Crippen molar-refractivity contribution in [1.82, 2.24) is 0 Å². The Morgan fingerprint density at radius 2 is 1.72 bits per heavy atom. The summed E-state index contributed by atoms with van der Waals surface area (Å²) in [5.74, 6) is 1.13. The molecule has 2 aromatic carbocycles. The highest BCUT2D eigenvalue weighted by Gasteiger charge is 2.16. The molecule has 0 saturated heterocycles. The fourth-order valence-corrected chi connectivity index (χ4v) is 1.55. The van der Waals surface area contributed by atoms with E-state index < -0.39 is 7.12 Å². The third kappa shape index (κ3) is 2.69. The van der Waals surface area contributed by atoms with Crippen molar-refractivity contribution in [3.8, 4) is 17.6 Å². The molecule has 0 aliphatic rings. The van der Waals surface area contributed by atoms with Crippen molar-refractivity contribution in [2.24, 2.45) is 0 Å². The second-order valence-electron chi connectivity index (χ2n) is 3.65. The molecule has 2 N–H and O–H groups in total. The predicted molar refractivity (Wildman–Crippen MR) is 67.5 cm³/mol. The van der Waals surface area contributed by atoms with Crippen LogP contribution in [0.4, 0.5) is 0 Å². The highest BCUT2D eigenvalue weighted by Crippen LogP contribution is 2.20. The SMILES string of the molecule is N#Cc1cc(Oc2ccccc2)ccc1B(O)O. The number of para-hydroxylation sites is 1. The number of nitriles is 1. The van der Waals surface area contributed by atoms with Gasteiger partial charge in [0.05, 0.1) is 11.6 Å². The van der Waals surface area contributed by atoms with Crippen molar-refractivity contribution in [2.75, 3.05) is 0 Å². The average Bonchev–Trinajstić information content (AvgIpc) is 2.39. The molecule has 0 aliphatic heterocycles. The summed E-state index contributed by atoms with van der Waals surface area (Å²) >= 11 is 0. The van der Waals surface area contributed by atoms with Gasteiger partial charge in [0, 0.05) is 5.46 Å². The Morgan fingerprint density at radius 1 is 1.00 bits per heavy atom. The van der Waals surface area contributed by atoms with Crippen LogP contribution in [0.5, 0.6) is 11.5 Å². The average molecular weight is 239 g/mol. The van der Waals surface area contributed by atoms with Crippen LogP contribution in [0.15, 0.2) is 48.5 Å². The highest BCUT2D eigenvalue weighted by atomic mass is 16.5. The lowest BCUT2D eigenvalue weighted by Crippen LogP contribution is -2.32. The van der Waals surface area contributed by atoms with E-state index in [0.717, 1.165) is 0 Å². The van der Waals surface area contributed by atoms with E-state index in [1.807, 2.05) is 24.3 Å². The summed E-state index contributed by atoms with van der Waals surface area (Å²) in [7, 11) is -1.66. The molecule has 0 aliphatic carbocycles. The lowest BCUT2D eigenvalue weighted by Gasteiger charge is -2.08. The topological polar surface area (TPSA) is 73.5 Å². The van der Waals surface area contributed by atoms with Gasteiger partial charge in [-0.05, 0) is 24.3 Å². The van der Waals surface area contributed by atoms with Gasteiger partial charge < -0.3 is 14.8 Å². The molecular weight excluding hydrogens is 229 g/mol. The first kappa shape index (κ1) is 12.2. The van der Waals surface area contributed by atoms with Crippen LogP contribution in [-0.2, 0) is 0 Å². The van der Waals surface area contributed by atoms with Crippen LogP contribution in [-0.4, -0.2) is 17.2 Å². The lowest BCUT2D eigenvalue weighted by atomic mass is 9.77. The Hall–Kier alpha value is -2.29. The third-order valence-electron chi connectivity index (χ3n) is 2.40. The van der Waals surface area contributed by atoms with Crippen LogP contribution in [0.3, 0.4) is 0 Å². The van der Waals surface area contributed by atoms with Crippen molar-refractivity contribution in [1.29, 1.82) is 5.26 Å². The van der Waals surface area contributed by atoms with Crippen LogP contribution in [0, 0.1) is 11.3 Å². The first-order chi connectivity index (χ1) is 8.70. The maximum absolute atomic E-state index is 9.08. The lowest BCUT2D eigenvalue weighted by molar-refractivity contribution is 0.425. The normalized spacial score (nSPS) is 9.61. The maximum Gasteiger partial charge on any atom is 0.489 e. The minimum absolute atomic E-state index is 0.165. The van der Waals surface area contributed by atoms with Crippen molar-refractivity contribution in [3.63, 3.8) is 0 Å². The van der Waals surface area contributed by atoms with Gasteiger partial charge in [0.2, 0.25) is 0 Å². The van der Waals surface area contributed by atoms with Crippen LogP contribution >= 0.6 is 0 Å². The highest BCUT2D eigenvalue weighted by molar-refractivity contribution is 6.59. The summed E-state index contributed by atoms with van der Waals surface area (Å²) < 4.78 is 5.54. The van der Waals surface area contributed by atoms with E-state index in [2.05, 4.69) is 0 Å². The van der Waals surface area contributed by atoms with Gasteiger partial charge in [0.1, 0.15) is 11.5 Å². The second-order valence-corrected chi connectivity index (χ2v) is 3.65. The van der Waals surface area contributed by atoms with Crippen molar-refractivity contribution in [2.45, 2.75) is 0 Å². The monoisotopic (exact) mass is 239 g/mol. The van der Waals surface area contributed by atoms with Crippen LogP contribution in [0.1, 0.15) is 5.56 Å². The standard InChI is InChI=1S/C13H10BNO3/c15-9-10-8-12(6-7-13(10)14(16)17)18-11-4-2-1-3-5-11/h1-8,16-17H. The van der Waals surface area contributed by atoms with Gasteiger partial charge in [0.15, 0.2) is 0 Å². The molecular formula is C13H10BNO3. The molecule has 0 heterocycles. The number of nitrogens with zero attached hydrogens (tertiary/aromatic N) is 1. The minimum atomic E-state index is -1.66. The van der Waals surface area contributed by atoms with Crippen LogP contribution in [0.25, 0.3) is 0 Å². The summed E-state index contributed by atoms with van der Waals surface area (Å²) in [4.78, 5) is 0. The number of rotatable bonds is 3. The van der Waals surface area contributed by atoms with Gasteiger partial charge >= 0.3 is 7.12 Å². The Bertz CT molecular complexity index is 579. The van der Waals surface area contributed by atoms with Crippen molar-refractivity contribution in [3.05, 3.63) is 54.1 Å². The largest absolute Gasteiger partial charge is 0.489 e. The van der Waals surface area contributed by atoms with E-state index in [0.29, 0.717) is 11.5 Å². The molecule has 0 radical (unpaired) electrons. The van der Waals surface area contributed by atoms with E-state index >= 15 is 0 Å². The predicted octanol–water partition coefficient (Wildman–Crippen LogP) is 1.03. The molecule has 0 spiro atoms. The molecule has 0 saturated carbocycles. The summed E-state index contributed by atoms with van der Waals surface area (Å²) in [6.45, 7) is 0. The van der Waals surface area contributed by atoms with Crippen molar-refractivity contribution >= 4 is 12.6 Å². The molecule has 0 atom stereocenters. The summed E-state index contributed by atoms with van der Waals surface area (Å²) in [5.41, 5.74) is 0.344. The van der Waals surface area contributed by atoms with E-state index in [1.54, 1.807) is 18.2 Å². The van der Waals surface area contributed by atoms with Gasteiger partial charge in [-0.1, -0.05) is 24.3 Å². The molecule has 5 heteroatoms. The molecule has 88 valence electrons. The molecule has 0 amide bonds. The molecule has 18 heavy (non-hydrogen) atoms. The maximum atomic E-state index is 9.08. The zero-order valence-electron chi connectivity index (χ0n) is 9.45. The van der Waals surface area contributed by atoms with E-state index in [4.69, 9.17) is 20.0 Å². The zero-order valence-corrected chi connectivity index (χ0v) is 9.45. The van der Waals surface area contributed by atoms with Gasteiger partial charge in [-0.15, -0.1) is 0 Å². The van der Waals surface area contributed by atoms with Crippen LogP contribution < -0.4 is 10.2 Å². The fourth-order valence-electron chi connectivity index (χ4n) is 1.55. The summed E-state index contributed by atoms with van der Waals surface area (Å²) in [6, 6.07) is 15.6. The summed E-state index contributed by atoms with van der Waals surface area (Å²) in [6.07, 6.45) is 0. The third-order valence-corrected chi connectivity index (χ3v) is 2.40. The Labute approximate surface area is 105 Å². The van der Waals surface area contributed by atoms with Crippen molar-refractivity contribution < 1.29 is 14.8 Å². The Kier molecular flexibility index (Phi) is 3.63. The van der Waals surface area contributed by atoms with E-state index in [-0.39, 0.29) is 11.0 Å². The van der Waals surface area contributed by atoms with Gasteiger partial charge in [0.25, 0.3) is 0 Å². The zero-order chi connectivity index (χ0) is 13.0. The summed E-state index contributed by atoms with van der Waals surface area (Å²) in [5, 5.41) is 27.1. The second kappa shape index (κ2) is 5.36. The molecule has 2 aromatic rings. The molecule has 0 unspecified atom stereocenters. The molecule has 0 aromatic heterocycles. The van der Waals surface area contributed by atoms with E-state index in [1.165, 1.54) is 12.1 Å². The molecule has 0 bridgehead atoms. The fraction of sp³-hybridized carbons (Fsp3) is 0. The molecule has 0 fully saturated rings. The van der Waals surface area contributed by atoms with Gasteiger partial charge in [-0.2, -0.15) is 5.26 Å². The van der Waals surface area contributed by atoms with Crippen LogP contribution in [0.2, 0.25) is 0 Å². The van der Waals surface area contributed by atoms with Gasteiger partial charge in [-0.25, -0.2) is 0 Å². The van der Waals surface area contributed by atoms with Gasteiger partial charge in [-0.3, -0.25) is 0 Å². The molecule has 4 nitrogen and oxygen atoms in total. The quantitative estimate of drug-likeness (QED) is 0.784. The number of hydrogen-bond donors (Lipinski definition) is 2. The molecule has 2 rings (SSSR count). The number of hydrogen-bond acceptors (Lipinski definition) is 4. The Balaban J connectivity index is 2.29. The first-order valence-electron chi connectivity index (χ1n) is 5.34. The Morgan fingerprint density at radius 3 is 2.33 bits per heavy atom. The smallest absolute Gasteiger partial charge is 0.457 e. The van der Waals surface area contributed by atoms with E-state index in [9.17, 15) is 0 Å². The minimum Gasteiger partial charge on any atom is -0.457 e. The number of ether oxygens (including phenoxy) is 1.